The summed E-state index contributed by atoms with van der Waals surface area (Å²) < 4.78 is 26.2. The van der Waals surface area contributed by atoms with Gasteiger partial charge in [0.25, 0.3) is 0 Å². The molecule has 0 spiro atoms. The summed E-state index contributed by atoms with van der Waals surface area (Å²) in [6.45, 7) is 5.91. The quantitative estimate of drug-likeness (QED) is 0.805. The second-order valence-corrected chi connectivity index (χ2v) is 5.65. The fourth-order valence-corrected chi connectivity index (χ4v) is 2.79. The molecule has 1 fully saturated rings. The standard InChI is InChI=1S/C16H24F2N2/c1-13-5-2-3-9-20(13)10-4-8-19-12-14-6-7-15(17)11-16(14)18/h6-7,11,13,19H,2-5,8-10,12H2,1H3. The number of rotatable bonds is 6. The molecule has 1 aromatic carbocycles. The highest BCUT2D eigenvalue weighted by atomic mass is 19.1. The monoisotopic (exact) mass is 282 g/mol. The Morgan fingerprint density at radius 3 is 2.90 bits per heavy atom. The predicted molar refractivity (Wildman–Crippen MR) is 77.6 cm³/mol. The Morgan fingerprint density at radius 1 is 1.30 bits per heavy atom. The number of likely N-dealkylation sites (tertiary alicyclic amines) is 1. The first kappa shape index (κ1) is 15.4. The summed E-state index contributed by atoms with van der Waals surface area (Å²) in [5.41, 5.74) is 0.526. The second-order valence-electron chi connectivity index (χ2n) is 5.65. The molecule has 20 heavy (non-hydrogen) atoms. The number of hydrogen-bond acceptors (Lipinski definition) is 2. The van der Waals surface area contributed by atoms with Crippen molar-refractivity contribution in [2.24, 2.45) is 0 Å². The lowest BCUT2D eigenvalue weighted by atomic mass is 10.0. The van der Waals surface area contributed by atoms with Gasteiger partial charge >= 0.3 is 0 Å². The minimum absolute atomic E-state index is 0.460. The van der Waals surface area contributed by atoms with E-state index >= 15 is 0 Å². The third kappa shape index (κ3) is 4.53. The van der Waals surface area contributed by atoms with Crippen LogP contribution in [0.3, 0.4) is 0 Å². The number of piperidine rings is 1. The van der Waals surface area contributed by atoms with Crippen LogP contribution in [-0.4, -0.2) is 30.6 Å². The fourth-order valence-electron chi connectivity index (χ4n) is 2.79. The number of benzene rings is 1. The van der Waals surface area contributed by atoms with Crippen molar-refractivity contribution in [1.82, 2.24) is 10.2 Å². The molecule has 0 aromatic heterocycles. The van der Waals surface area contributed by atoms with Crippen LogP contribution in [-0.2, 0) is 6.54 Å². The van der Waals surface area contributed by atoms with Crippen molar-refractivity contribution in [2.75, 3.05) is 19.6 Å². The molecule has 0 radical (unpaired) electrons. The third-order valence-corrected chi connectivity index (χ3v) is 4.07. The summed E-state index contributed by atoms with van der Waals surface area (Å²) in [5, 5.41) is 3.23. The topological polar surface area (TPSA) is 15.3 Å². The highest BCUT2D eigenvalue weighted by molar-refractivity contribution is 5.18. The summed E-state index contributed by atoms with van der Waals surface area (Å²) >= 11 is 0. The van der Waals surface area contributed by atoms with E-state index in [-0.39, 0.29) is 0 Å². The molecule has 1 aromatic rings. The Balaban J connectivity index is 1.64. The molecule has 1 aliphatic heterocycles. The zero-order chi connectivity index (χ0) is 14.4. The number of nitrogens with zero attached hydrogens (tertiary/aromatic N) is 1. The molecule has 1 heterocycles. The van der Waals surface area contributed by atoms with E-state index in [1.165, 1.54) is 37.9 Å². The smallest absolute Gasteiger partial charge is 0.130 e. The SMILES string of the molecule is CC1CCCCN1CCCNCc1ccc(F)cc1F. The molecule has 2 rings (SSSR count). The van der Waals surface area contributed by atoms with E-state index in [1.807, 2.05) is 0 Å². The van der Waals surface area contributed by atoms with Gasteiger partial charge in [0.15, 0.2) is 0 Å². The summed E-state index contributed by atoms with van der Waals surface area (Å²) in [6.07, 6.45) is 5.01. The van der Waals surface area contributed by atoms with E-state index in [2.05, 4.69) is 17.1 Å². The maximum atomic E-state index is 13.4. The zero-order valence-corrected chi connectivity index (χ0v) is 12.2. The molecule has 1 atom stereocenters. The Kier molecular flexibility index (Phi) is 5.92. The molecule has 0 aliphatic carbocycles. The molecule has 1 N–H and O–H groups in total. The Labute approximate surface area is 120 Å². The van der Waals surface area contributed by atoms with Crippen molar-refractivity contribution < 1.29 is 8.78 Å². The van der Waals surface area contributed by atoms with Crippen molar-refractivity contribution in [1.29, 1.82) is 0 Å². The van der Waals surface area contributed by atoms with Gasteiger partial charge in [0.2, 0.25) is 0 Å². The van der Waals surface area contributed by atoms with Crippen molar-refractivity contribution in [2.45, 2.75) is 45.2 Å². The maximum absolute atomic E-state index is 13.4. The summed E-state index contributed by atoms with van der Waals surface area (Å²) in [6, 6.07) is 4.44. The fraction of sp³-hybridized carbons (Fsp3) is 0.625. The predicted octanol–water partition coefficient (Wildman–Crippen LogP) is 3.32. The summed E-state index contributed by atoms with van der Waals surface area (Å²) in [5.74, 6) is -0.993. The number of hydrogen-bond donors (Lipinski definition) is 1. The van der Waals surface area contributed by atoms with Crippen molar-refractivity contribution in [3.05, 3.63) is 35.4 Å². The van der Waals surface area contributed by atoms with Gasteiger partial charge in [0, 0.05) is 24.2 Å². The van der Waals surface area contributed by atoms with E-state index < -0.39 is 11.6 Å². The normalized spacial score (nSPS) is 20.2. The molecular weight excluding hydrogens is 258 g/mol. The first-order chi connectivity index (χ1) is 9.66. The van der Waals surface area contributed by atoms with Crippen LogP contribution in [0, 0.1) is 11.6 Å². The minimum Gasteiger partial charge on any atom is -0.313 e. The zero-order valence-electron chi connectivity index (χ0n) is 12.2. The van der Waals surface area contributed by atoms with Crippen LogP contribution < -0.4 is 5.32 Å². The maximum Gasteiger partial charge on any atom is 0.130 e. The Hall–Kier alpha value is -1.00. The molecule has 0 bridgehead atoms. The molecule has 0 saturated carbocycles. The summed E-state index contributed by atoms with van der Waals surface area (Å²) in [7, 11) is 0. The lowest BCUT2D eigenvalue weighted by Gasteiger charge is -2.33. The molecule has 1 aliphatic rings. The number of nitrogens with one attached hydrogen (secondary N) is 1. The van der Waals surface area contributed by atoms with Crippen LogP contribution in [0.5, 0.6) is 0 Å². The van der Waals surface area contributed by atoms with E-state index in [1.54, 1.807) is 0 Å². The van der Waals surface area contributed by atoms with Gasteiger partial charge in [-0.05, 0) is 51.9 Å². The second kappa shape index (κ2) is 7.70. The van der Waals surface area contributed by atoms with Gasteiger partial charge in [-0.15, -0.1) is 0 Å². The molecule has 1 unspecified atom stereocenters. The molecule has 2 nitrogen and oxygen atoms in total. The van der Waals surface area contributed by atoms with E-state index in [4.69, 9.17) is 0 Å². The largest absolute Gasteiger partial charge is 0.313 e. The van der Waals surface area contributed by atoms with Crippen LogP contribution in [0.25, 0.3) is 0 Å². The van der Waals surface area contributed by atoms with E-state index in [0.29, 0.717) is 18.2 Å². The number of halogens is 2. The summed E-state index contributed by atoms with van der Waals surface area (Å²) in [4.78, 5) is 2.53. The van der Waals surface area contributed by atoms with Gasteiger partial charge in [-0.1, -0.05) is 12.5 Å². The van der Waals surface area contributed by atoms with Gasteiger partial charge in [-0.25, -0.2) is 8.78 Å². The minimum atomic E-state index is -0.523. The highest BCUT2D eigenvalue weighted by Gasteiger charge is 2.16. The molecule has 1 saturated heterocycles. The molecule has 0 amide bonds. The van der Waals surface area contributed by atoms with Crippen LogP contribution in [0.4, 0.5) is 8.78 Å². The lowest BCUT2D eigenvalue weighted by Crippen LogP contribution is -2.38. The van der Waals surface area contributed by atoms with Gasteiger partial charge in [0.1, 0.15) is 11.6 Å². The van der Waals surface area contributed by atoms with Gasteiger partial charge in [0.05, 0.1) is 0 Å². The first-order valence-electron chi connectivity index (χ1n) is 7.55. The highest BCUT2D eigenvalue weighted by Crippen LogP contribution is 2.16. The molecular formula is C16H24F2N2. The molecule has 112 valence electrons. The Bertz CT molecular complexity index is 423. The van der Waals surface area contributed by atoms with E-state index in [9.17, 15) is 8.78 Å². The van der Waals surface area contributed by atoms with Gasteiger partial charge in [-0.3, -0.25) is 0 Å². The van der Waals surface area contributed by atoms with Crippen molar-refractivity contribution >= 4 is 0 Å². The van der Waals surface area contributed by atoms with Crippen LogP contribution in [0.1, 0.15) is 38.2 Å². The van der Waals surface area contributed by atoms with Crippen molar-refractivity contribution in [3.63, 3.8) is 0 Å². The van der Waals surface area contributed by atoms with Crippen LogP contribution in [0.2, 0.25) is 0 Å². The van der Waals surface area contributed by atoms with Crippen LogP contribution in [0.15, 0.2) is 18.2 Å². The average molecular weight is 282 g/mol. The lowest BCUT2D eigenvalue weighted by molar-refractivity contribution is 0.159. The van der Waals surface area contributed by atoms with Gasteiger partial charge < -0.3 is 10.2 Å². The first-order valence-corrected chi connectivity index (χ1v) is 7.55. The molecule has 4 heteroatoms. The van der Waals surface area contributed by atoms with Gasteiger partial charge in [-0.2, -0.15) is 0 Å². The average Bonchev–Trinajstić information content (AvgIpc) is 2.42. The van der Waals surface area contributed by atoms with E-state index in [0.717, 1.165) is 25.6 Å². The van der Waals surface area contributed by atoms with Crippen LogP contribution >= 0.6 is 0 Å². The van der Waals surface area contributed by atoms with Crippen molar-refractivity contribution in [3.8, 4) is 0 Å². The Morgan fingerprint density at radius 2 is 2.15 bits per heavy atom. The third-order valence-electron chi connectivity index (χ3n) is 4.07.